The van der Waals surface area contributed by atoms with E-state index < -0.39 is 0 Å². The molecule has 0 fully saturated rings. The van der Waals surface area contributed by atoms with Gasteiger partial charge >= 0.3 is 0 Å². The molecule has 138 valence electrons. The molecule has 0 amide bonds. The Kier molecular flexibility index (Phi) is 5.06. The Bertz CT molecular complexity index is 1070. The van der Waals surface area contributed by atoms with Crippen molar-refractivity contribution >= 4 is 23.1 Å². The minimum atomic E-state index is -0.348. The minimum absolute atomic E-state index is 0.247. The van der Waals surface area contributed by atoms with Crippen LogP contribution in [0.15, 0.2) is 85.1 Å². The summed E-state index contributed by atoms with van der Waals surface area (Å²) in [5.74, 6) is 1.74. The van der Waals surface area contributed by atoms with E-state index in [9.17, 15) is 4.39 Å². The average Bonchev–Trinajstić information content (AvgIpc) is 2.71. The Morgan fingerprint density at radius 2 is 1.64 bits per heavy atom. The van der Waals surface area contributed by atoms with E-state index in [1.54, 1.807) is 12.1 Å². The molecule has 4 rings (SSSR count). The van der Waals surface area contributed by atoms with Crippen molar-refractivity contribution in [3.63, 3.8) is 0 Å². The molecule has 0 aliphatic carbocycles. The van der Waals surface area contributed by atoms with Gasteiger partial charge in [-0.05, 0) is 42.5 Å². The summed E-state index contributed by atoms with van der Waals surface area (Å²) in [6.45, 7) is 0. The summed E-state index contributed by atoms with van der Waals surface area (Å²) >= 11 is 0. The van der Waals surface area contributed by atoms with E-state index in [2.05, 4.69) is 25.8 Å². The SMILES string of the molecule is Fc1cccc(Nc2nncc(Nc3ccccc3Oc3ccccc3)n2)c1. The van der Waals surface area contributed by atoms with Gasteiger partial charge in [0.1, 0.15) is 11.6 Å². The number of para-hydroxylation sites is 3. The molecule has 3 aromatic carbocycles. The summed E-state index contributed by atoms with van der Waals surface area (Å²) in [6.07, 6.45) is 1.50. The van der Waals surface area contributed by atoms with E-state index in [0.717, 1.165) is 11.4 Å². The van der Waals surface area contributed by atoms with Crippen LogP contribution in [0.2, 0.25) is 0 Å². The molecule has 0 saturated carbocycles. The second-order valence-corrected chi connectivity index (χ2v) is 5.84. The van der Waals surface area contributed by atoms with Crippen LogP contribution < -0.4 is 15.4 Å². The van der Waals surface area contributed by atoms with Crippen molar-refractivity contribution in [2.24, 2.45) is 0 Å². The molecule has 0 aliphatic heterocycles. The lowest BCUT2D eigenvalue weighted by Gasteiger charge is -2.12. The number of anilines is 4. The molecule has 1 aromatic heterocycles. The number of ether oxygens (including phenoxy) is 1. The van der Waals surface area contributed by atoms with Crippen LogP contribution in [0.4, 0.5) is 27.5 Å². The Hall–Kier alpha value is -4.00. The molecule has 7 heteroatoms. The third-order valence-corrected chi connectivity index (χ3v) is 3.76. The van der Waals surface area contributed by atoms with Gasteiger partial charge in [0.2, 0.25) is 5.95 Å². The maximum absolute atomic E-state index is 13.3. The Balaban J connectivity index is 1.53. The molecule has 1 heterocycles. The summed E-state index contributed by atoms with van der Waals surface area (Å²) < 4.78 is 19.3. The van der Waals surface area contributed by atoms with Gasteiger partial charge in [0.25, 0.3) is 0 Å². The summed E-state index contributed by atoms with van der Waals surface area (Å²) in [6, 6.07) is 23.0. The summed E-state index contributed by atoms with van der Waals surface area (Å²) in [4.78, 5) is 4.37. The zero-order valence-corrected chi connectivity index (χ0v) is 14.7. The highest BCUT2D eigenvalue weighted by molar-refractivity contribution is 5.65. The van der Waals surface area contributed by atoms with Gasteiger partial charge in [-0.15, -0.1) is 5.10 Å². The van der Waals surface area contributed by atoms with E-state index in [1.807, 2.05) is 54.6 Å². The van der Waals surface area contributed by atoms with Crippen LogP contribution in [-0.2, 0) is 0 Å². The topological polar surface area (TPSA) is 72.0 Å². The van der Waals surface area contributed by atoms with Gasteiger partial charge in [0.05, 0.1) is 11.9 Å². The lowest BCUT2D eigenvalue weighted by atomic mass is 10.3. The lowest BCUT2D eigenvalue weighted by molar-refractivity contribution is 0.485. The number of hydrogen-bond donors (Lipinski definition) is 2. The number of benzene rings is 3. The van der Waals surface area contributed by atoms with Gasteiger partial charge < -0.3 is 15.4 Å². The first-order chi connectivity index (χ1) is 13.8. The van der Waals surface area contributed by atoms with Gasteiger partial charge in [-0.2, -0.15) is 10.1 Å². The van der Waals surface area contributed by atoms with E-state index in [0.29, 0.717) is 17.3 Å². The number of aromatic nitrogens is 3. The molecule has 4 aromatic rings. The van der Waals surface area contributed by atoms with Crippen LogP contribution in [0.25, 0.3) is 0 Å². The summed E-state index contributed by atoms with van der Waals surface area (Å²) in [7, 11) is 0. The molecule has 6 nitrogen and oxygen atoms in total. The zero-order chi connectivity index (χ0) is 19.2. The molecule has 0 bridgehead atoms. The van der Waals surface area contributed by atoms with Crippen molar-refractivity contribution in [3.8, 4) is 11.5 Å². The van der Waals surface area contributed by atoms with Gasteiger partial charge in [-0.1, -0.05) is 36.4 Å². The van der Waals surface area contributed by atoms with Crippen LogP contribution >= 0.6 is 0 Å². The molecule has 0 saturated heterocycles. The fourth-order valence-electron chi connectivity index (χ4n) is 2.52. The summed E-state index contributed by atoms with van der Waals surface area (Å²) in [5, 5.41) is 14.0. The highest BCUT2D eigenvalue weighted by atomic mass is 19.1. The van der Waals surface area contributed by atoms with Crippen LogP contribution in [0.1, 0.15) is 0 Å². The molecule has 0 unspecified atom stereocenters. The first-order valence-electron chi connectivity index (χ1n) is 8.57. The Labute approximate surface area is 161 Å². The monoisotopic (exact) mass is 373 g/mol. The zero-order valence-electron chi connectivity index (χ0n) is 14.7. The van der Waals surface area contributed by atoms with Crippen molar-refractivity contribution in [1.82, 2.24) is 15.2 Å². The van der Waals surface area contributed by atoms with E-state index in [-0.39, 0.29) is 11.8 Å². The van der Waals surface area contributed by atoms with Crippen molar-refractivity contribution in [3.05, 3.63) is 90.9 Å². The molecule has 0 radical (unpaired) electrons. The second-order valence-electron chi connectivity index (χ2n) is 5.84. The van der Waals surface area contributed by atoms with Crippen molar-refractivity contribution < 1.29 is 9.13 Å². The molecule has 0 atom stereocenters. The largest absolute Gasteiger partial charge is 0.455 e. The minimum Gasteiger partial charge on any atom is -0.455 e. The Morgan fingerprint density at radius 1 is 0.821 bits per heavy atom. The van der Waals surface area contributed by atoms with E-state index in [4.69, 9.17) is 4.74 Å². The third-order valence-electron chi connectivity index (χ3n) is 3.76. The molecular formula is C21H16FN5O. The molecular weight excluding hydrogens is 357 g/mol. The number of halogens is 1. The number of nitrogens with one attached hydrogen (secondary N) is 2. The van der Waals surface area contributed by atoms with Crippen molar-refractivity contribution in [2.45, 2.75) is 0 Å². The fraction of sp³-hybridized carbons (Fsp3) is 0. The van der Waals surface area contributed by atoms with Crippen LogP contribution in [0.5, 0.6) is 11.5 Å². The predicted octanol–water partition coefficient (Wildman–Crippen LogP) is 5.29. The predicted molar refractivity (Wildman–Crippen MR) is 106 cm³/mol. The number of hydrogen-bond acceptors (Lipinski definition) is 6. The number of rotatable bonds is 6. The number of nitrogens with zero attached hydrogens (tertiary/aromatic N) is 3. The van der Waals surface area contributed by atoms with Crippen LogP contribution in [-0.4, -0.2) is 15.2 Å². The standard InChI is InChI=1S/C21H16FN5O/c22-15-7-6-8-16(13-15)24-21-26-20(14-23-27-21)25-18-11-4-5-12-19(18)28-17-9-2-1-3-10-17/h1-14H,(H2,24,25,26,27). The van der Waals surface area contributed by atoms with Gasteiger partial charge in [0, 0.05) is 5.69 Å². The molecule has 0 aliphatic rings. The van der Waals surface area contributed by atoms with E-state index >= 15 is 0 Å². The highest BCUT2D eigenvalue weighted by Crippen LogP contribution is 2.31. The first kappa shape index (κ1) is 17.4. The fourth-order valence-corrected chi connectivity index (χ4v) is 2.52. The van der Waals surface area contributed by atoms with Crippen molar-refractivity contribution in [1.29, 1.82) is 0 Å². The van der Waals surface area contributed by atoms with Crippen LogP contribution in [0.3, 0.4) is 0 Å². The van der Waals surface area contributed by atoms with Gasteiger partial charge in [-0.3, -0.25) is 0 Å². The normalized spacial score (nSPS) is 10.3. The molecule has 28 heavy (non-hydrogen) atoms. The Morgan fingerprint density at radius 3 is 2.50 bits per heavy atom. The van der Waals surface area contributed by atoms with Crippen molar-refractivity contribution in [2.75, 3.05) is 10.6 Å². The average molecular weight is 373 g/mol. The highest BCUT2D eigenvalue weighted by Gasteiger charge is 2.07. The molecule has 2 N–H and O–H groups in total. The first-order valence-corrected chi connectivity index (χ1v) is 8.57. The quantitative estimate of drug-likeness (QED) is 0.478. The molecule has 0 spiro atoms. The lowest BCUT2D eigenvalue weighted by Crippen LogP contribution is -2.03. The van der Waals surface area contributed by atoms with E-state index in [1.165, 1.54) is 18.3 Å². The summed E-state index contributed by atoms with van der Waals surface area (Å²) in [5.41, 5.74) is 1.26. The van der Waals surface area contributed by atoms with Gasteiger partial charge in [0.15, 0.2) is 11.6 Å². The second kappa shape index (κ2) is 8.13. The maximum atomic E-state index is 13.3. The maximum Gasteiger partial charge on any atom is 0.249 e. The third kappa shape index (κ3) is 4.39. The van der Waals surface area contributed by atoms with Gasteiger partial charge in [-0.25, -0.2) is 4.39 Å². The van der Waals surface area contributed by atoms with Crippen LogP contribution in [0, 0.1) is 5.82 Å². The smallest absolute Gasteiger partial charge is 0.249 e.